The molecule has 0 saturated heterocycles. The summed E-state index contributed by atoms with van der Waals surface area (Å²) >= 11 is 1.25. The number of aliphatic carboxylic acids is 2. The number of nitrogens with one attached hydrogen (secondary N) is 2. The number of carbonyl (C=O) groups excluding carboxylic acids is 1. The van der Waals surface area contributed by atoms with Gasteiger partial charge in [-0.15, -0.1) is 0 Å². The first kappa shape index (κ1) is 16.7. The zero-order valence-corrected chi connectivity index (χ0v) is 13.5. The highest BCUT2D eigenvalue weighted by atomic mass is 32.2. The van der Waals surface area contributed by atoms with E-state index in [0.29, 0.717) is 5.16 Å². The van der Waals surface area contributed by atoms with Crippen LogP contribution in [0.5, 0.6) is 0 Å². The Labute approximate surface area is 140 Å². The molecule has 2 saturated carbocycles. The standard InChI is InChI=1S/C13H17N5O5S/c1-4(14)9(19)17-13(11(22)23)2-5(24-12-15-3-16-18-12)6-7(8(6)13)10(20)21/h3-8H,2,14H2,1H3,(H,17,19)(H,20,21)(H,22,23)(H,15,16,18)/t4-,5?,6?,7?,8?,13?/m0/s1. The Balaban J connectivity index is 1.90. The maximum absolute atomic E-state index is 12.0. The van der Waals surface area contributed by atoms with E-state index in [1.807, 2.05) is 0 Å². The van der Waals surface area contributed by atoms with E-state index in [-0.39, 0.29) is 17.6 Å². The Morgan fingerprint density at radius 2 is 2.21 bits per heavy atom. The van der Waals surface area contributed by atoms with E-state index in [4.69, 9.17) is 5.73 Å². The van der Waals surface area contributed by atoms with Crippen molar-refractivity contribution in [3.63, 3.8) is 0 Å². The zero-order valence-electron chi connectivity index (χ0n) is 12.7. The van der Waals surface area contributed by atoms with E-state index in [9.17, 15) is 24.6 Å². The number of carboxylic acid groups (broad SMARTS) is 2. The number of nitrogens with two attached hydrogens (primary N) is 1. The molecule has 1 heterocycles. The van der Waals surface area contributed by atoms with Crippen LogP contribution >= 0.6 is 11.8 Å². The van der Waals surface area contributed by atoms with Crippen LogP contribution in [0.1, 0.15) is 13.3 Å². The van der Waals surface area contributed by atoms with E-state index >= 15 is 0 Å². The number of carbonyl (C=O) groups is 3. The van der Waals surface area contributed by atoms with E-state index in [1.165, 1.54) is 25.0 Å². The number of H-pyrrole nitrogens is 1. The van der Waals surface area contributed by atoms with Crippen molar-refractivity contribution in [3.05, 3.63) is 6.33 Å². The summed E-state index contributed by atoms with van der Waals surface area (Å²) in [5.41, 5.74) is 3.89. The molecule has 0 spiro atoms. The fourth-order valence-electron chi connectivity index (χ4n) is 3.61. The Kier molecular flexibility index (Phi) is 4.00. The van der Waals surface area contributed by atoms with Crippen LogP contribution < -0.4 is 11.1 Å². The van der Waals surface area contributed by atoms with Gasteiger partial charge in [-0.05, 0) is 19.3 Å². The minimum Gasteiger partial charge on any atom is -0.481 e. The Bertz CT molecular complexity index is 680. The predicted octanol–water partition coefficient (Wildman–Crippen LogP) is -1.10. The summed E-state index contributed by atoms with van der Waals surface area (Å²) in [7, 11) is 0. The fraction of sp³-hybridized carbons (Fsp3) is 0.615. The van der Waals surface area contributed by atoms with Gasteiger partial charge in [0.2, 0.25) is 5.91 Å². The number of carboxylic acids is 2. The van der Waals surface area contributed by atoms with Gasteiger partial charge in [-0.25, -0.2) is 9.78 Å². The van der Waals surface area contributed by atoms with Gasteiger partial charge in [-0.3, -0.25) is 14.7 Å². The summed E-state index contributed by atoms with van der Waals surface area (Å²) in [5, 5.41) is 28.2. The molecule has 24 heavy (non-hydrogen) atoms. The third-order valence-corrected chi connectivity index (χ3v) is 5.88. The largest absolute Gasteiger partial charge is 0.481 e. The second-order valence-electron chi connectivity index (χ2n) is 6.17. The van der Waals surface area contributed by atoms with Crippen LogP contribution in [0.4, 0.5) is 0 Å². The molecular formula is C13H17N5O5S. The van der Waals surface area contributed by atoms with Crippen molar-refractivity contribution >= 4 is 29.6 Å². The predicted molar refractivity (Wildman–Crippen MR) is 80.9 cm³/mol. The van der Waals surface area contributed by atoms with E-state index in [2.05, 4.69) is 20.5 Å². The molecule has 0 aromatic carbocycles. The van der Waals surface area contributed by atoms with E-state index in [1.54, 1.807) is 0 Å². The van der Waals surface area contributed by atoms with Gasteiger partial charge in [-0.1, -0.05) is 11.8 Å². The van der Waals surface area contributed by atoms with Crippen molar-refractivity contribution in [1.29, 1.82) is 0 Å². The van der Waals surface area contributed by atoms with Gasteiger partial charge in [0.25, 0.3) is 0 Å². The third kappa shape index (κ3) is 2.53. The van der Waals surface area contributed by atoms with Crippen LogP contribution in [0, 0.1) is 17.8 Å². The number of aromatic amines is 1. The summed E-state index contributed by atoms with van der Waals surface area (Å²) in [4.78, 5) is 39.4. The molecule has 2 fully saturated rings. The first-order valence-electron chi connectivity index (χ1n) is 7.33. The number of amides is 1. The molecule has 6 atom stereocenters. The molecule has 6 N–H and O–H groups in total. The van der Waals surface area contributed by atoms with Crippen molar-refractivity contribution in [2.24, 2.45) is 23.5 Å². The third-order valence-electron chi connectivity index (χ3n) is 4.68. The lowest BCUT2D eigenvalue weighted by atomic mass is 9.89. The smallest absolute Gasteiger partial charge is 0.329 e. The highest BCUT2D eigenvalue weighted by molar-refractivity contribution is 7.99. The van der Waals surface area contributed by atoms with Gasteiger partial charge in [0.1, 0.15) is 11.9 Å². The summed E-state index contributed by atoms with van der Waals surface area (Å²) in [6, 6.07) is -0.886. The summed E-state index contributed by atoms with van der Waals surface area (Å²) in [6.45, 7) is 1.44. The van der Waals surface area contributed by atoms with Crippen LogP contribution in [-0.4, -0.2) is 60.1 Å². The second-order valence-corrected chi connectivity index (χ2v) is 7.40. The van der Waals surface area contributed by atoms with E-state index < -0.39 is 41.3 Å². The van der Waals surface area contributed by atoms with Crippen LogP contribution in [0.15, 0.2) is 11.5 Å². The van der Waals surface area contributed by atoms with Crippen LogP contribution in [0.3, 0.4) is 0 Å². The molecule has 0 radical (unpaired) electrons. The van der Waals surface area contributed by atoms with Gasteiger partial charge in [-0.2, -0.15) is 5.10 Å². The summed E-state index contributed by atoms with van der Waals surface area (Å²) in [5.74, 6) is -4.76. The first-order chi connectivity index (χ1) is 11.3. The minimum atomic E-state index is -1.63. The number of fused-ring (bicyclic) bond motifs is 1. The molecule has 10 nitrogen and oxygen atoms in total. The summed E-state index contributed by atoms with van der Waals surface area (Å²) in [6.07, 6.45) is 1.42. The zero-order chi connectivity index (χ0) is 17.6. The molecule has 1 amide bonds. The lowest BCUT2D eigenvalue weighted by Gasteiger charge is -2.30. The van der Waals surface area contributed by atoms with E-state index in [0.717, 1.165) is 0 Å². The van der Waals surface area contributed by atoms with Crippen molar-refractivity contribution < 1.29 is 24.6 Å². The molecule has 2 aliphatic rings. The minimum absolute atomic E-state index is 0.102. The molecule has 0 bridgehead atoms. The quantitative estimate of drug-likeness (QED) is 0.425. The lowest BCUT2D eigenvalue weighted by molar-refractivity contribution is -0.149. The number of hydrogen-bond donors (Lipinski definition) is 5. The van der Waals surface area contributed by atoms with Crippen molar-refractivity contribution in [2.75, 3.05) is 0 Å². The van der Waals surface area contributed by atoms with Gasteiger partial charge >= 0.3 is 11.9 Å². The number of thioether (sulfide) groups is 1. The monoisotopic (exact) mass is 355 g/mol. The second kappa shape index (κ2) is 5.74. The van der Waals surface area contributed by atoms with Crippen LogP contribution in [-0.2, 0) is 14.4 Å². The van der Waals surface area contributed by atoms with Gasteiger partial charge in [0.15, 0.2) is 5.16 Å². The van der Waals surface area contributed by atoms with Crippen molar-refractivity contribution in [3.8, 4) is 0 Å². The molecule has 1 aromatic heterocycles. The molecule has 1 aromatic rings. The summed E-state index contributed by atoms with van der Waals surface area (Å²) < 4.78 is 0. The Morgan fingerprint density at radius 3 is 2.71 bits per heavy atom. The maximum atomic E-state index is 12.0. The topological polar surface area (TPSA) is 171 Å². The molecule has 2 aliphatic carbocycles. The van der Waals surface area contributed by atoms with Gasteiger partial charge in [0.05, 0.1) is 12.0 Å². The molecule has 5 unspecified atom stereocenters. The Morgan fingerprint density at radius 1 is 1.50 bits per heavy atom. The normalized spacial score (nSPS) is 35.1. The number of aromatic nitrogens is 3. The first-order valence-corrected chi connectivity index (χ1v) is 8.21. The number of nitrogens with zero attached hydrogens (tertiary/aromatic N) is 2. The molecular weight excluding hydrogens is 338 g/mol. The SMILES string of the molecule is C[C@H](N)C(=O)NC1(C(=O)O)CC(Sc2ncn[nH]2)C2C(C(=O)O)C21. The van der Waals surface area contributed by atoms with Gasteiger partial charge in [0, 0.05) is 11.2 Å². The highest BCUT2D eigenvalue weighted by Gasteiger charge is 2.75. The fourth-order valence-corrected chi connectivity index (χ4v) is 4.95. The van der Waals surface area contributed by atoms with Crippen LogP contribution in [0.25, 0.3) is 0 Å². The molecule has 11 heteroatoms. The van der Waals surface area contributed by atoms with Crippen molar-refractivity contribution in [2.45, 2.75) is 35.3 Å². The molecule has 130 valence electrons. The average molecular weight is 355 g/mol. The molecule has 0 aliphatic heterocycles. The Hall–Kier alpha value is -2.14. The number of hydrogen-bond acceptors (Lipinski definition) is 7. The lowest BCUT2D eigenvalue weighted by Crippen LogP contribution is -2.59. The highest BCUT2D eigenvalue weighted by Crippen LogP contribution is 2.65. The molecule has 3 rings (SSSR count). The maximum Gasteiger partial charge on any atom is 0.329 e. The number of rotatable bonds is 6. The average Bonchev–Trinajstić information content (AvgIpc) is 2.90. The van der Waals surface area contributed by atoms with Gasteiger partial charge < -0.3 is 21.3 Å². The van der Waals surface area contributed by atoms with Crippen molar-refractivity contribution in [1.82, 2.24) is 20.5 Å². The van der Waals surface area contributed by atoms with Crippen LogP contribution in [0.2, 0.25) is 0 Å².